The van der Waals surface area contributed by atoms with Gasteiger partial charge in [-0.2, -0.15) is 0 Å². The Morgan fingerprint density at radius 3 is 3.00 bits per heavy atom. The molecule has 0 radical (unpaired) electrons. The largest absolute Gasteiger partial charge is 0.361 e. The van der Waals surface area contributed by atoms with E-state index < -0.39 is 0 Å². The van der Waals surface area contributed by atoms with E-state index in [0.29, 0.717) is 6.42 Å². The van der Waals surface area contributed by atoms with Crippen LogP contribution in [0.3, 0.4) is 0 Å². The quantitative estimate of drug-likeness (QED) is 0.786. The lowest BCUT2D eigenvalue weighted by Crippen LogP contribution is -2.32. The van der Waals surface area contributed by atoms with Gasteiger partial charge in [-0.25, -0.2) is 4.98 Å². The van der Waals surface area contributed by atoms with Crippen molar-refractivity contribution in [3.05, 3.63) is 54.1 Å². The van der Waals surface area contributed by atoms with E-state index >= 15 is 0 Å². The first-order valence-corrected chi connectivity index (χ1v) is 8.97. The van der Waals surface area contributed by atoms with Gasteiger partial charge >= 0.3 is 0 Å². The highest BCUT2D eigenvalue weighted by Crippen LogP contribution is 2.32. The molecule has 3 heterocycles. The van der Waals surface area contributed by atoms with Crippen LogP contribution in [0.5, 0.6) is 0 Å². The van der Waals surface area contributed by atoms with Gasteiger partial charge in [0.2, 0.25) is 5.91 Å². The Hall–Kier alpha value is -2.89. The van der Waals surface area contributed by atoms with Crippen LogP contribution in [0.25, 0.3) is 10.9 Å². The molecule has 1 aliphatic rings. The van der Waals surface area contributed by atoms with Crippen LogP contribution in [0.1, 0.15) is 30.1 Å². The van der Waals surface area contributed by atoms with Crippen molar-refractivity contribution < 1.29 is 4.79 Å². The number of hydrogen-bond donors (Lipinski definition) is 1. The van der Waals surface area contributed by atoms with Crippen LogP contribution in [0.15, 0.2) is 42.9 Å². The number of likely N-dealkylation sites (tertiary alicyclic amines) is 1. The summed E-state index contributed by atoms with van der Waals surface area (Å²) in [6, 6.07) is 8.11. The molecule has 0 bridgehead atoms. The highest BCUT2D eigenvalue weighted by atomic mass is 16.2. The van der Waals surface area contributed by atoms with Crippen LogP contribution < -0.4 is 4.90 Å². The lowest BCUT2D eigenvalue weighted by Gasteiger charge is -2.25. The number of H-pyrrole nitrogens is 1. The first-order valence-electron chi connectivity index (χ1n) is 8.97. The molecule has 1 saturated heterocycles. The van der Waals surface area contributed by atoms with Crippen molar-refractivity contribution in [3.63, 3.8) is 0 Å². The summed E-state index contributed by atoms with van der Waals surface area (Å²) in [4.78, 5) is 29.2. The normalized spacial score (nSPS) is 17.0. The van der Waals surface area contributed by atoms with Gasteiger partial charge in [0.25, 0.3) is 0 Å². The Labute approximate surface area is 152 Å². The fourth-order valence-corrected chi connectivity index (χ4v) is 3.66. The Bertz CT molecular complexity index is 933. The van der Waals surface area contributed by atoms with Gasteiger partial charge in [-0.3, -0.25) is 9.78 Å². The summed E-state index contributed by atoms with van der Waals surface area (Å²) < 4.78 is 0. The Kier molecular flexibility index (Phi) is 4.32. The number of nitrogens with one attached hydrogen (secondary N) is 1. The van der Waals surface area contributed by atoms with Crippen LogP contribution in [0, 0.1) is 0 Å². The third-order valence-electron chi connectivity index (χ3n) is 5.03. The maximum atomic E-state index is 13.0. The van der Waals surface area contributed by atoms with Crippen molar-refractivity contribution in [2.75, 3.05) is 25.5 Å². The minimum absolute atomic E-state index is 0.0140. The van der Waals surface area contributed by atoms with Gasteiger partial charge in [-0.15, -0.1) is 0 Å². The van der Waals surface area contributed by atoms with Crippen molar-refractivity contribution >= 4 is 22.6 Å². The third kappa shape index (κ3) is 3.03. The van der Waals surface area contributed by atoms with Crippen molar-refractivity contribution in [2.45, 2.75) is 25.3 Å². The Balaban J connectivity index is 1.56. The Morgan fingerprint density at radius 2 is 2.15 bits per heavy atom. The van der Waals surface area contributed by atoms with Crippen LogP contribution >= 0.6 is 0 Å². The number of aromatic nitrogens is 3. The molecule has 1 amide bonds. The molecular formula is C20H23N5O. The fourth-order valence-electron chi connectivity index (χ4n) is 3.66. The monoisotopic (exact) mass is 349 g/mol. The molecule has 0 saturated carbocycles. The highest BCUT2D eigenvalue weighted by molar-refractivity contribution is 5.89. The standard InChI is InChI=1S/C20H23N5O/c1-24(2)19-13-21-12-17(23-19)18-8-5-9-25(18)20(26)10-14-11-22-16-7-4-3-6-15(14)16/h3-4,6-7,11-13,18,22H,5,8-10H2,1-2H3/t18-/m1/s1. The van der Waals surface area contributed by atoms with Gasteiger partial charge in [-0.1, -0.05) is 18.2 Å². The van der Waals surface area contributed by atoms with Gasteiger partial charge in [0, 0.05) is 37.7 Å². The molecule has 1 aromatic carbocycles. The number of aromatic amines is 1. The molecule has 2 aromatic heterocycles. The number of hydrogen-bond acceptors (Lipinski definition) is 4. The molecule has 0 unspecified atom stereocenters. The van der Waals surface area contributed by atoms with Gasteiger partial charge in [-0.05, 0) is 24.5 Å². The molecule has 1 atom stereocenters. The zero-order chi connectivity index (χ0) is 18.1. The Morgan fingerprint density at radius 1 is 1.31 bits per heavy atom. The number of fused-ring (bicyclic) bond motifs is 1. The number of anilines is 1. The summed E-state index contributed by atoms with van der Waals surface area (Å²) in [6.45, 7) is 0.778. The number of amides is 1. The predicted molar refractivity (Wildman–Crippen MR) is 102 cm³/mol. The summed E-state index contributed by atoms with van der Waals surface area (Å²) in [7, 11) is 3.89. The predicted octanol–water partition coefficient (Wildman–Crippen LogP) is 2.93. The second-order valence-corrected chi connectivity index (χ2v) is 6.98. The topological polar surface area (TPSA) is 65.1 Å². The van der Waals surface area contributed by atoms with Gasteiger partial charge in [0.15, 0.2) is 0 Å². The lowest BCUT2D eigenvalue weighted by molar-refractivity contribution is -0.131. The zero-order valence-corrected chi connectivity index (χ0v) is 15.1. The summed E-state index contributed by atoms with van der Waals surface area (Å²) >= 11 is 0. The van der Waals surface area contributed by atoms with E-state index in [1.807, 2.05) is 48.3 Å². The molecule has 6 heteroatoms. The molecule has 1 N–H and O–H groups in total. The molecule has 4 rings (SSSR count). The maximum Gasteiger partial charge on any atom is 0.227 e. The van der Waals surface area contributed by atoms with Crippen molar-refractivity contribution in [3.8, 4) is 0 Å². The van der Waals surface area contributed by atoms with E-state index in [4.69, 9.17) is 4.98 Å². The number of nitrogens with zero attached hydrogens (tertiary/aromatic N) is 4. The molecule has 1 aliphatic heterocycles. The molecule has 134 valence electrons. The lowest BCUT2D eigenvalue weighted by atomic mass is 10.1. The van der Waals surface area contributed by atoms with Crippen molar-refractivity contribution in [1.29, 1.82) is 0 Å². The van der Waals surface area contributed by atoms with Crippen LogP contribution in [0.4, 0.5) is 5.82 Å². The molecule has 0 spiro atoms. The summed E-state index contributed by atoms with van der Waals surface area (Å²) in [5.74, 6) is 0.965. The molecule has 1 fully saturated rings. The second-order valence-electron chi connectivity index (χ2n) is 6.98. The van der Waals surface area contributed by atoms with E-state index in [1.54, 1.807) is 12.4 Å². The fraction of sp³-hybridized carbons (Fsp3) is 0.350. The number of carbonyl (C=O) groups is 1. The smallest absolute Gasteiger partial charge is 0.227 e. The molecule has 3 aromatic rings. The number of benzene rings is 1. The highest BCUT2D eigenvalue weighted by Gasteiger charge is 2.31. The van der Waals surface area contributed by atoms with E-state index in [0.717, 1.165) is 47.4 Å². The maximum absolute atomic E-state index is 13.0. The minimum atomic E-state index is 0.0140. The van der Waals surface area contributed by atoms with Gasteiger partial charge in [0.05, 0.1) is 30.6 Å². The summed E-state index contributed by atoms with van der Waals surface area (Å²) in [5.41, 5.74) is 2.99. The van der Waals surface area contributed by atoms with Crippen molar-refractivity contribution in [2.24, 2.45) is 0 Å². The van der Waals surface area contributed by atoms with Gasteiger partial charge < -0.3 is 14.8 Å². The first-order chi connectivity index (χ1) is 12.6. The van der Waals surface area contributed by atoms with Crippen LogP contribution in [-0.4, -0.2) is 46.4 Å². The van der Waals surface area contributed by atoms with E-state index in [9.17, 15) is 4.79 Å². The SMILES string of the molecule is CN(C)c1cncc([C@H]2CCCN2C(=O)Cc2c[nH]c3ccccc23)n1. The molecule has 6 nitrogen and oxygen atoms in total. The zero-order valence-electron chi connectivity index (χ0n) is 15.1. The minimum Gasteiger partial charge on any atom is -0.361 e. The van der Waals surface area contributed by atoms with Crippen LogP contribution in [-0.2, 0) is 11.2 Å². The average Bonchev–Trinajstić information content (AvgIpc) is 3.29. The van der Waals surface area contributed by atoms with Gasteiger partial charge in [0.1, 0.15) is 5.82 Å². The van der Waals surface area contributed by atoms with Crippen LogP contribution in [0.2, 0.25) is 0 Å². The van der Waals surface area contributed by atoms with E-state index in [1.165, 1.54) is 0 Å². The van der Waals surface area contributed by atoms with Crippen molar-refractivity contribution in [1.82, 2.24) is 19.9 Å². The summed E-state index contributed by atoms with van der Waals surface area (Å²) in [5, 5.41) is 1.12. The molecule has 0 aliphatic carbocycles. The van der Waals surface area contributed by atoms with E-state index in [2.05, 4.69) is 16.0 Å². The first kappa shape index (κ1) is 16.6. The number of para-hydroxylation sites is 1. The average molecular weight is 349 g/mol. The number of rotatable bonds is 4. The second kappa shape index (κ2) is 6.78. The molecular weight excluding hydrogens is 326 g/mol. The summed E-state index contributed by atoms with van der Waals surface area (Å²) in [6.07, 6.45) is 7.82. The number of carbonyl (C=O) groups excluding carboxylic acids is 1. The molecule has 26 heavy (non-hydrogen) atoms. The van der Waals surface area contributed by atoms with E-state index in [-0.39, 0.29) is 11.9 Å². The third-order valence-corrected chi connectivity index (χ3v) is 5.03.